The van der Waals surface area contributed by atoms with E-state index in [0.717, 1.165) is 27.1 Å². The van der Waals surface area contributed by atoms with Gasteiger partial charge >= 0.3 is 0 Å². The second-order valence-corrected chi connectivity index (χ2v) is 6.86. The second-order valence-electron chi connectivity index (χ2n) is 4.71. The number of benzene rings is 1. The molecule has 0 aliphatic heterocycles. The summed E-state index contributed by atoms with van der Waals surface area (Å²) in [7, 11) is 1.83. The lowest BCUT2D eigenvalue weighted by Gasteiger charge is -2.09. The molecule has 0 fully saturated rings. The molecule has 0 aliphatic carbocycles. The molecule has 3 aromatic rings. The second kappa shape index (κ2) is 5.99. The Morgan fingerprint density at radius 3 is 2.86 bits per heavy atom. The fourth-order valence-electron chi connectivity index (χ4n) is 2.12. The van der Waals surface area contributed by atoms with Crippen LogP contribution >= 0.6 is 27.3 Å². The molecule has 21 heavy (non-hydrogen) atoms. The number of thiophene rings is 1. The zero-order chi connectivity index (χ0) is 14.8. The molecular weight excluding hydrogens is 348 g/mol. The highest BCUT2D eigenvalue weighted by Gasteiger charge is 2.09. The molecule has 0 amide bonds. The molecule has 2 heterocycles. The van der Waals surface area contributed by atoms with E-state index < -0.39 is 0 Å². The molecule has 0 atom stereocenters. The zero-order valence-corrected chi connectivity index (χ0v) is 14.2. The Kier molecular flexibility index (Phi) is 4.07. The Bertz CT molecular complexity index is 784. The van der Waals surface area contributed by atoms with Crippen LogP contribution < -0.4 is 10.6 Å². The van der Waals surface area contributed by atoms with E-state index in [0.29, 0.717) is 5.95 Å². The average Bonchev–Trinajstić information content (AvgIpc) is 2.85. The average molecular weight is 363 g/mol. The van der Waals surface area contributed by atoms with Gasteiger partial charge in [0.05, 0.1) is 5.39 Å². The molecular formula is C15H15BrN4S. The minimum atomic E-state index is 0.640. The number of rotatable bonds is 4. The van der Waals surface area contributed by atoms with E-state index in [9.17, 15) is 0 Å². The molecule has 108 valence electrons. The van der Waals surface area contributed by atoms with Gasteiger partial charge in [0.25, 0.3) is 0 Å². The third-order valence-corrected chi connectivity index (χ3v) is 4.53. The Morgan fingerprint density at radius 1 is 1.24 bits per heavy atom. The Morgan fingerprint density at radius 2 is 2.10 bits per heavy atom. The van der Waals surface area contributed by atoms with E-state index in [4.69, 9.17) is 0 Å². The van der Waals surface area contributed by atoms with Crippen LogP contribution in [0.15, 0.2) is 34.8 Å². The van der Waals surface area contributed by atoms with Crippen molar-refractivity contribution in [2.24, 2.45) is 0 Å². The van der Waals surface area contributed by atoms with E-state index in [1.807, 2.05) is 19.2 Å². The zero-order valence-electron chi connectivity index (χ0n) is 11.8. The topological polar surface area (TPSA) is 49.8 Å². The molecule has 0 aliphatic rings. The first kappa shape index (κ1) is 14.3. The number of fused-ring (bicyclic) bond motifs is 1. The maximum absolute atomic E-state index is 4.53. The SMILES string of the molecule is CNc1nc(NCc2cccc(Br)c2)c2cc(C)sc2n1. The van der Waals surface area contributed by atoms with Gasteiger partial charge in [-0.25, -0.2) is 4.98 Å². The summed E-state index contributed by atoms with van der Waals surface area (Å²) in [6.07, 6.45) is 0. The standard InChI is InChI=1S/C15H15BrN4S/c1-9-6-12-13(19-15(17-2)20-14(12)21-9)18-8-10-4-3-5-11(16)7-10/h3-7H,8H2,1-2H3,(H2,17,18,19,20). The molecule has 0 saturated heterocycles. The number of anilines is 2. The summed E-state index contributed by atoms with van der Waals surface area (Å²) in [5.74, 6) is 1.51. The van der Waals surface area contributed by atoms with Gasteiger partial charge in [-0.1, -0.05) is 28.1 Å². The van der Waals surface area contributed by atoms with Gasteiger partial charge in [-0.2, -0.15) is 4.98 Å². The van der Waals surface area contributed by atoms with E-state index in [-0.39, 0.29) is 0 Å². The van der Waals surface area contributed by atoms with Gasteiger partial charge in [0, 0.05) is 22.9 Å². The van der Waals surface area contributed by atoms with Crippen LogP contribution in [0.25, 0.3) is 10.2 Å². The maximum Gasteiger partial charge on any atom is 0.225 e. The molecule has 0 unspecified atom stereocenters. The van der Waals surface area contributed by atoms with Crippen LogP contribution in [-0.4, -0.2) is 17.0 Å². The maximum atomic E-state index is 4.53. The summed E-state index contributed by atoms with van der Waals surface area (Å²) in [5.41, 5.74) is 1.20. The van der Waals surface area contributed by atoms with Gasteiger partial charge in [0.15, 0.2) is 0 Å². The molecule has 0 saturated carbocycles. The van der Waals surface area contributed by atoms with Crippen LogP contribution in [0.5, 0.6) is 0 Å². The largest absolute Gasteiger partial charge is 0.365 e. The number of halogens is 1. The number of nitrogens with one attached hydrogen (secondary N) is 2. The van der Waals surface area contributed by atoms with E-state index in [2.05, 4.69) is 61.7 Å². The number of nitrogens with zero attached hydrogens (tertiary/aromatic N) is 2. The van der Waals surface area contributed by atoms with Gasteiger partial charge in [0.2, 0.25) is 5.95 Å². The molecule has 2 N–H and O–H groups in total. The fourth-order valence-corrected chi connectivity index (χ4v) is 3.45. The van der Waals surface area contributed by atoms with Crippen molar-refractivity contribution in [1.29, 1.82) is 0 Å². The predicted molar refractivity (Wildman–Crippen MR) is 93.2 cm³/mol. The van der Waals surface area contributed by atoms with Crippen molar-refractivity contribution in [3.63, 3.8) is 0 Å². The van der Waals surface area contributed by atoms with Gasteiger partial charge in [-0.15, -0.1) is 11.3 Å². The van der Waals surface area contributed by atoms with E-state index in [1.54, 1.807) is 11.3 Å². The van der Waals surface area contributed by atoms with Crippen LogP contribution in [0.4, 0.5) is 11.8 Å². The van der Waals surface area contributed by atoms with Crippen molar-refractivity contribution in [3.05, 3.63) is 45.2 Å². The molecule has 2 aromatic heterocycles. The van der Waals surface area contributed by atoms with Crippen molar-refractivity contribution in [2.45, 2.75) is 13.5 Å². The number of hydrogen-bond donors (Lipinski definition) is 2. The van der Waals surface area contributed by atoms with Gasteiger partial charge in [-0.05, 0) is 30.7 Å². The number of aromatic nitrogens is 2. The summed E-state index contributed by atoms with van der Waals surface area (Å²) in [6.45, 7) is 2.81. The first-order chi connectivity index (χ1) is 10.2. The van der Waals surface area contributed by atoms with Gasteiger partial charge in [0.1, 0.15) is 10.6 Å². The summed E-state index contributed by atoms with van der Waals surface area (Å²) in [5, 5.41) is 7.50. The van der Waals surface area contributed by atoms with Crippen molar-refractivity contribution in [1.82, 2.24) is 9.97 Å². The van der Waals surface area contributed by atoms with Crippen molar-refractivity contribution in [3.8, 4) is 0 Å². The van der Waals surface area contributed by atoms with Crippen LogP contribution in [0, 0.1) is 6.92 Å². The van der Waals surface area contributed by atoms with Crippen LogP contribution in [0.1, 0.15) is 10.4 Å². The quantitative estimate of drug-likeness (QED) is 0.721. The smallest absolute Gasteiger partial charge is 0.225 e. The summed E-state index contributed by atoms with van der Waals surface area (Å²) in [4.78, 5) is 11.3. The molecule has 0 spiro atoms. The third-order valence-electron chi connectivity index (χ3n) is 3.09. The first-order valence-corrected chi connectivity index (χ1v) is 8.21. The molecule has 0 radical (unpaired) electrons. The number of aryl methyl sites for hydroxylation is 1. The highest BCUT2D eigenvalue weighted by Crippen LogP contribution is 2.29. The summed E-state index contributed by atoms with van der Waals surface area (Å²) in [6, 6.07) is 10.4. The van der Waals surface area contributed by atoms with Crippen LogP contribution in [-0.2, 0) is 6.54 Å². The fraction of sp³-hybridized carbons (Fsp3) is 0.200. The summed E-state index contributed by atoms with van der Waals surface area (Å²) < 4.78 is 1.08. The highest BCUT2D eigenvalue weighted by molar-refractivity contribution is 9.10. The third kappa shape index (κ3) is 3.16. The molecule has 3 rings (SSSR count). The minimum absolute atomic E-state index is 0.640. The first-order valence-electron chi connectivity index (χ1n) is 6.60. The Hall–Kier alpha value is -1.66. The molecule has 1 aromatic carbocycles. The minimum Gasteiger partial charge on any atom is -0.365 e. The van der Waals surface area contributed by atoms with Gasteiger partial charge in [-0.3, -0.25) is 0 Å². The summed E-state index contributed by atoms with van der Waals surface area (Å²) >= 11 is 5.17. The van der Waals surface area contributed by atoms with E-state index in [1.165, 1.54) is 10.4 Å². The lowest BCUT2D eigenvalue weighted by molar-refractivity contribution is 1.10. The van der Waals surface area contributed by atoms with Crippen molar-refractivity contribution < 1.29 is 0 Å². The Labute approximate surface area is 135 Å². The lowest BCUT2D eigenvalue weighted by atomic mass is 10.2. The van der Waals surface area contributed by atoms with Crippen LogP contribution in [0.3, 0.4) is 0 Å². The number of hydrogen-bond acceptors (Lipinski definition) is 5. The van der Waals surface area contributed by atoms with E-state index >= 15 is 0 Å². The lowest BCUT2D eigenvalue weighted by Crippen LogP contribution is -2.04. The molecule has 4 nitrogen and oxygen atoms in total. The predicted octanol–water partition coefficient (Wildman–Crippen LogP) is 4.42. The monoisotopic (exact) mass is 362 g/mol. The molecule has 6 heteroatoms. The van der Waals surface area contributed by atoms with Crippen molar-refractivity contribution >= 4 is 49.2 Å². The van der Waals surface area contributed by atoms with Crippen molar-refractivity contribution in [2.75, 3.05) is 17.7 Å². The normalized spacial score (nSPS) is 10.8. The molecule has 0 bridgehead atoms. The van der Waals surface area contributed by atoms with Gasteiger partial charge < -0.3 is 10.6 Å². The van der Waals surface area contributed by atoms with Crippen LogP contribution in [0.2, 0.25) is 0 Å². The Balaban J connectivity index is 1.92. The highest BCUT2D eigenvalue weighted by atomic mass is 79.9.